The molecule has 3 heteroatoms. The third-order valence-electron chi connectivity index (χ3n) is 2.88. The van der Waals surface area contributed by atoms with E-state index in [-0.39, 0.29) is 0 Å². The Kier molecular flexibility index (Phi) is 2.97. The average Bonchev–Trinajstić information content (AvgIpc) is 2.57. The molecule has 0 aliphatic carbocycles. The summed E-state index contributed by atoms with van der Waals surface area (Å²) in [5, 5.41) is 5.82. The monoisotopic (exact) mass is 217 g/mol. The van der Waals surface area contributed by atoms with Gasteiger partial charge in [-0.15, -0.1) is 0 Å². The van der Waals surface area contributed by atoms with Crippen LogP contribution in [-0.4, -0.2) is 16.3 Å². The molecular formula is C13H19N3. The van der Waals surface area contributed by atoms with Crippen molar-refractivity contribution < 1.29 is 0 Å². The summed E-state index contributed by atoms with van der Waals surface area (Å²) >= 11 is 0. The highest BCUT2D eigenvalue weighted by molar-refractivity contribution is 5.82. The van der Waals surface area contributed by atoms with Crippen molar-refractivity contribution in [3.05, 3.63) is 29.5 Å². The number of aryl methyl sites for hydroxylation is 1. The first-order chi connectivity index (χ1) is 7.63. The maximum atomic E-state index is 5.59. The fraction of sp³-hybridized carbons (Fsp3) is 0.462. The van der Waals surface area contributed by atoms with Crippen molar-refractivity contribution in [2.75, 3.05) is 6.54 Å². The van der Waals surface area contributed by atoms with Crippen LogP contribution in [0.4, 0.5) is 0 Å². The lowest BCUT2D eigenvalue weighted by Crippen LogP contribution is -2.04. The lowest BCUT2D eigenvalue weighted by Gasteiger charge is -2.07. The maximum absolute atomic E-state index is 5.59. The zero-order valence-corrected chi connectivity index (χ0v) is 10.2. The minimum absolute atomic E-state index is 0.393. The van der Waals surface area contributed by atoms with E-state index in [1.54, 1.807) is 0 Å². The molecule has 0 saturated carbocycles. The molecule has 0 bridgehead atoms. The molecule has 0 atom stereocenters. The minimum Gasteiger partial charge on any atom is -0.330 e. The molecule has 0 fully saturated rings. The summed E-state index contributed by atoms with van der Waals surface area (Å²) in [6.07, 6.45) is 0.929. The molecule has 1 aromatic carbocycles. The molecule has 3 nitrogen and oxygen atoms in total. The van der Waals surface area contributed by atoms with Crippen LogP contribution in [0.1, 0.15) is 31.1 Å². The number of aromatic nitrogens is 2. The van der Waals surface area contributed by atoms with Crippen LogP contribution in [0.25, 0.3) is 10.9 Å². The van der Waals surface area contributed by atoms with Crippen molar-refractivity contribution in [2.24, 2.45) is 5.73 Å². The molecule has 0 unspecified atom stereocenters. The van der Waals surface area contributed by atoms with Gasteiger partial charge in [0, 0.05) is 11.4 Å². The van der Waals surface area contributed by atoms with Gasteiger partial charge in [-0.25, -0.2) is 0 Å². The highest BCUT2D eigenvalue weighted by atomic mass is 15.3. The normalized spacial score (nSPS) is 11.6. The van der Waals surface area contributed by atoms with Crippen LogP contribution < -0.4 is 5.73 Å². The molecule has 16 heavy (non-hydrogen) atoms. The zero-order chi connectivity index (χ0) is 11.7. The van der Waals surface area contributed by atoms with E-state index in [9.17, 15) is 0 Å². The Bertz CT molecular complexity index is 497. The standard InChI is InChI=1S/C13H19N3/c1-9(2)16-13-8-11(6-7-14)4-5-12(13)10(3)15-16/h4-5,8-9H,6-7,14H2,1-3H3. The summed E-state index contributed by atoms with van der Waals surface area (Å²) in [5.41, 5.74) is 9.19. The van der Waals surface area contributed by atoms with Gasteiger partial charge in [-0.05, 0) is 45.4 Å². The Hall–Kier alpha value is -1.35. The molecule has 1 aromatic heterocycles. The van der Waals surface area contributed by atoms with Crippen molar-refractivity contribution in [1.29, 1.82) is 0 Å². The molecule has 0 amide bonds. The Labute approximate surface area is 96.2 Å². The predicted molar refractivity (Wildman–Crippen MR) is 67.6 cm³/mol. The van der Waals surface area contributed by atoms with Crippen LogP contribution in [0.5, 0.6) is 0 Å². The molecule has 1 heterocycles. The van der Waals surface area contributed by atoms with Crippen LogP contribution in [0.2, 0.25) is 0 Å². The van der Waals surface area contributed by atoms with Crippen LogP contribution >= 0.6 is 0 Å². The first kappa shape index (κ1) is 11.1. The fourth-order valence-electron chi connectivity index (χ4n) is 2.06. The molecule has 0 radical (unpaired) electrons. The third kappa shape index (κ3) is 1.83. The van der Waals surface area contributed by atoms with Crippen LogP contribution in [0, 0.1) is 6.92 Å². The molecule has 0 aliphatic rings. The average molecular weight is 217 g/mol. The number of rotatable bonds is 3. The van der Waals surface area contributed by atoms with E-state index < -0.39 is 0 Å². The van der Waals surface area contributed by atoms with Gasteiger partial charge in [-0.1, -0.05) is 12.1 Å². The maximum Gasteiger partial charge on any atom is 0.0691 e. The Morgan fingerprint density at radius 2 is 2.12 bits per heavy atom. The van der Waals surface area contributed by atoms with Crippen LogP contribution in [-0.2, 0) is 6.42 Å². The van der Waals surface area contributed by atoms with Crippen molar-refractivity contribution >= 4 is 10.9 Å². The van der Waals surface area contributed by atoms with Crippen molar-refractivity contribution in [1.82, 2.24) is 9.78 Å². The Morgan fingerprint density at radius 1 is 1.38 bits per heavy atom. The summed E-state index contributed by atoms with van der Waals surface area (Å²) in [7, 11) is 0. The number of nitrogens with two attached hydrogens (primary N) is 1. The van der Waals surface area contributed by atoms with Crippen LogP contribution in [0.3, 0.4) is 0 Å². The largest absolute Gasteiger partial charge is 0.330 e. The van der Waals surface area contributed by atoms with Gasteiger partial charge in [0.1, 0.15) is 0 Å². The third-order valence-corrected chi connectivity index (χ3v) is 2.88. The van der Waals surface area contributed by atoms with Gasteiger partial charge >= 0.3 is 0 Å². The minimum atomic E-state index is 0.393. The summed E-state index contributed by atoms with van der Waals surface area (Å²) in [5.74, 6) is 0. The lowest BCUT2D eigenvalue weighted by molar-refractivity contribution is 0.547. The summed E-state index contributed by atoms with van der Waals surface area (Å²) in [4.78, 5) is 0. The quantitative estimate of drug-likeness (QED) is 0.858. The van der Waals surface area contributed by atoms with Crippen LogP contribution in [0.15, 0.2) is 18.2 Å². The van der Waals surface area contributed by atoms with E-state index in [0.29, 0.717) is 12.6 Å². The molecular weight excluding hydrogens is 198 g/mol. The molecule has 86 valence electrons. The van der Waals surface area contributed by atoms with E-state index in [0.717, 1.165) is 12.1 Å². The molecule has 0 aliphatic heterocycles. The molecule has 0 saturated heterocycles. The van der Waals surface area contributed by atoms with Crippen molar-refractivity contribution in [3.63, 3.8) is 0 Å². The smallest absolute Gasteiger partial charge is 0.0691 e. The summed E-state index contributed by atoms with van der Waals surface area (Å²) < 4.78 is 2.09. The van der Waals surface area contributed by atoms with Gasteiger partial charge in [0.2, 0.25) is 0 Å². The van der Waals surface area contributed by atoms with E-state index in [1.807, 2.05) is 0 Å². The van der Waals surface area contributed by atoms with Crippen molar-refractivity contribution in [3.8, 4) is 0 Å². The predicted octanol–water partition coefficient (Wildman–Crippen LogP) is 2.43. The number of fused-ring (bicyclic) bond motifs is 1. The Morgan fingerprint density at radius 3 is 2.75 bits per heavy atom. The molecule has 2 N–H and O–H groups in total. The van der Waals surface area contributed by atoms with Gasteiger partial charge in [0.25, 0.3) is 0 Å². The Balaban J connectivity index is 2.60. The van der Waals surface area contributed by atoms with E-state index in [1.165, 1.54) is 16.5 Å². The highest BCUT2D eigenvalue weighted by Gasteiger charge is 2.09. The first-order valence-corrected chi connectivity index (χ1v) is 5.81. The number of hydrogen-bond acceptors (Lipinski definition) is 2. The molecule has 2 rings (SSSR count). The number of hydrogen-bond donors (Lipinski definition) is 1. The zero-order valence-electron chi connectivity index (χ0n) is 10.2. The topological polar surface area (TPSA) is 43.8 Å². The van der Waals surface area contributed by atoms with Crippen molar-refractivity contribution in [2.45, 2.75) is 33.2 Å². The number of nitrogens with zero attached hydrogens (tertiary/aromatic N) is 2. The molecule has 0 spiro atoms. The first-order valence-electron chi connectivity index (χ1n) is 5.81. The fourth-order valence-corrected chi connectivity index (χ4v) is 2.06. The van der Waals surface area contributed by atoms with E-state index in [2.05, 4.69) is 48.8 Å². The van der Waals surface area contributed by atoms with Gasteiger partial charge in [-0.2, -0.15) is 5.10 Å². The lowest BCUT2D eigenvalue weighted by atomic mass is 10.1. The van der Waals surface area contributed by atoms with Gasteiger partial charge in [0.05, 0.1) is 11.2 Å². The second kappa shape index (κ2) is 4.26. The van der Waals surface area contributed by atoms with Gasteiger partial charge < -0.3 is 5.73 Å². The van der Waals surface area contributed by atoms with Gasteiger partial charge in [-0.3, -0.25) is 4.68 Å². The number of benzene rings is 1. The molecule has 2 aromatic rings. The SMILES string of the molecule is Cc1nn(C(C)C)c2cc(CCN)ccc12. The second-order valence-electron chi connectivity index (χ2n) is 4.51. The summed E-state index contributed by atoms with van der Waals surface area (Å²) in [6, 6.07) is 6.91. The van der Waals surface area contributed by atoms with E-state index >= 15 is 0 Å². The summed E-state index contributed by atoms with van der Waals surface area (Å²) in [6.45, 7) is 7.06. The second-order valence-corrected chi connectivity index (χ2v) is 4.51. The highest BCUT2D eigenvalue weighted by Crippen LogP contribution is 2.22. The van der Waals surface area contributed by atoms with Gasteiger partial charge in [0.15, 0.2) is 0 Å². The van der Waals surface area contributed by atoms with E-state index in [4.69, 9.17) is 5.73 Å².